The lowest BCUT2D eigenvalue weighted by Crippen LogP contribution is -2.46. The van der Waals surface area contributed by atoms with Crippen molar-refractivity contribution in [2.45, 2.75) is 31.8 Å². The molecule has 0 bridgehead atoms. The third-order valence-corrected chi connectivity index (χ3v) is 3.09. The summed E-state index contributed by atoms with van der Waals surface area (Å²) in [7, 11) is 2.01. The number of carbonyl (C=O) groups excluding carboxylic acids is 2. The van der Waals surface area contributed by atoms with Crippen LogP contribution in [-0.4, -0.2) is 66.8 Å². The van der Waals surface area contributed by atoms with E-state index in [1.54, 1.807) is 0 Å². The second-order valence-electron chi connectivity index (χ2n) is 4.89. The first-order valence-corrected chi connectivity index (χ1v) is 6.49. The van der Waals surface area contributed by atoms with E-state index in [4.69, 9.17) is 5.11 Å². The fourth-order valence-corrected chi connectivity index (χ4v) is 1.66. The van der Waals surface area contributed by atoms with Crippen LogP contribution in [0.3, 0.4) is 0 Å². The van der Waals surface area contributed by atoms with Crippen molar-refractivity contribution in [2.24, 2.45) is 0 Å². The molecule has 0 heterocycles. The zero-order valence-electron chi connectivity index (χ0n) is 11.7. The van der Waals surface area contributed by atoms with Crippen LogP contribution in [0.1, 0.15) is 19.8 Å². The summed E-state index contributed by atoms with van der Waals surface area (Å²) in [5.41, 5.74) is 0. The smallest absolute Gasteiger partial charge is 0.329 e. The average molecular weight is 287 g/mol. The highest BCUT2D eigenvalue weighted by Crippen LogP contribution is 2.26. The lowest BCUT2D eigenvalue weighted by atomic mass is 10.3. The number of nitrogens with zero attached hydrogens (tertiary/aromatic N) is 1. The highest BCUT2D eigenvalue weighted by Gasteiger charge is 2.29. The molecule has 1 unspecified atom stereocenters. The van der Waals surface area contributed by atoms with Gasteiger partial charge in [-0.3, -0.25) is 15.0 Å². The van der Waals surface area contributed by atoms with Gasteiger partial charge in [0.1, 0.15) is 13.2 Å². The Morgan fingerprint density at radius 3 is 2.55 bits per heavy atom. The van der Waals surface area contributed by atoms with E-state index in [2.05, 4.69) is 20.3 Å². The maximum Gasteiger partial charge on any atom is 0.329 e. The number of nitrogens with one attached hydrogen (secondary N) is 2. The van der Waals surface area contributed by atoms with Gasteiger partial charge in [-0.1, -0.05) is 0 Å². The Hall–Kier alpha value is -1.67. The summed E-state index contributed by atoms with van der Waals surface area (Å²) in [5.74, 6) is -1.84. The minimum Gasteiger partial charge on any atom is -0.480 e. The van der Waals surface area contributed by atoms with E-state index in [9.17, 15) is 14.4 Å². The summed E-state index contributed by atoms with van der Waals surface area (Å²) in [4.78, 5) is 35.0. The Morgan fingerprint density at radius 2 is 2.00 bits per heavy atom. The van der Waals surface area contributed by atoms with E-state index in [0.717, 1.165) is 0 Å². The van der Waals surface area contributed by atoms with Gasteiger partial charge in [-0.2, -0.15) is 0 Å². The van der Waals surface area contributed by atoms with Crippen molar-refractivity contribution in [3.8, 4) is 0 Å². The summed E-state index contributed by atoms with van der Waals surface area (Å²) >= 11 is 0. The summed E-state index contributed by atoms with van der Waals surface area (Å²) in [6, 6.07) is 0.178. The topological polar surface area (TPSA) is 108 Å². The van der Waals surface area contributed by atoms with Crippen LogP contribution in [0.15, 0.2) is 0 Å². The number of ether oxygens (including phenoxy) is 1. The van der Waals surface area contributed by atoms with E-state index in [-0.39, 0.29) is 6.04 Å². The quantitative estimate of drug-likeness (QED) is 0.550. The zero-order chi connectivity index (χ0) is 15.1. The number of carboxylic acids is 1. The van der Waals surface area contributed by atoms with E-state index in [1.807, 2.05) is 14.0 Å². The molecule has 1 atom stereocenters. The maximum absolute atomic E-state index is 11.4. The lowest BCUT2D eigenvalue weighted by molar-refractivity contribution is -0.143. The van der Waals surface area contributed by atoms with Gasteiger partial charge < -0.3 is 15.2 Å². The van der Waals surface area contributed by atoms with Gasteiger partial charge in [0.2, 0.25) is 0 Å². The number of imide groups is 1. The molecule has 0 aromatic heterocycles. The van der Waals surface area contributed by atoms with Gasteiger partial charge in [0.05, 0.1) is 0 Å². The second-order valence-corrected chi connectivity index (χ2v) is 4.89. The second kappa shape index (κ2) is 7.81. The fraction of sp³-hybridized carbons (Fsp3) is 0.750. The van der Waals surface area contributed by atoms with Crippen LogP contribution >= 0.6 is 0 Å². The van der Waals surface area contributed by atoms with Gasteiger partial charge in [-0.05, 0) is 26.8 Å². The van der Waals surface area contributed by atoms with E-state index in [1.165, 1.54) is 12.8 Å². The molecule has 0 radical (unpaired) electrons. The molecule has 1 aliphatic rings. The molecule has 0 spiro atoms. The Balaban J connectivity index is 2.12. The summed E-state index contributed by atoms with van der Waals surface area (Å²) in [5, 5.41) is 13.0. The highest BCUT2D eigenvalue weighted by molar-refractivity contribution is 5.94. The van der Waals surface area contributed by atoms with Gasteiger partial charge in [0.25, 0.3) is 5.91 Å². The van der Waals surface area contributed by atoms with Crippen LogP contribution in [0, 0.1) is 0 Å². The Kier molecular flexibility index (Phi) is 6.40. The SMILES string of the molecule is CC(CNC(=O)NC(=O)COCC(=O)O)N(C)C1CC1. The number of rotatable bonds is 8. The molecule has 0 saturated heterocycles. The van der Waals surface area contributed by atoms with Crippen LogP contribution in [0.2, 0.25) is 0 Å². The summed E-state index contributed by atoms with van der Waals surface area (Å²) < 4.78 is 4.56. The largest absolute Gasteiger partial charge is 0.480 e. The lowest BCUT2D eigenvalue weighted by Gasteiger charge is -2.24. The fourth-order valence-electron chi connectivity index (χ4n) is 1.66. The zero-order valence-corrected chi connectivity index (χ0v) is 11.7. The molecule has 8 heteroatoms. The standard InChI is InChI=1S/C12H21N3O5/c1-8(15(2)9-3-4-9)5-13-12(19)14-10(16)6-20-7-11(17)18/h8-9H,3-7H2,1-2H3,(H,17,18)(H2,13,14,16,19). The van der Waals surface area contributed by atoms with E-state index in [0.29, 0.717) is 12.6 Å². The molecular formula is C12H21N3O5. The highest BCUT2D eigenvalue weighted by atomic mass is 16.5. The third kappa shape index (κ3) is 6.48. The van der Waals surface area contributed by atoms with Crippen molar-refractivity contribution in [1.82, 2.24) is 15.5 Å². The van der Waals surface area contributed by atoms with Crippen molar-refractivity contribution >= 4 is 17.9 Å². The molecule has 1 fully saturated rings. The van der Waals surface area contributed by atoms with Crippen LogP contribution < -0.4 is 10.6 Å². The average Bonchev–Trinajstić information content (AvgIpc) is 3.18. The molecule has 3 N–H and O–H groups in total. The minimum atomic E-state index is -1.17. The monoisotopic (exact) mass is 287 g/mol. The first-order chi connectivity index (χ1) is 9.40. The summed E-state index contributed by atoms with van der Waals surface area (Å²) in [6.07, 6.45) is 2.37. The van der Waals surface area contributed by atoms with Gasteiger partial charge >= 0.3 is 12.0 Å². The molecule has 1 aliphatic carbocycles. The predicted octanol–water partition coefficient (Wildman–Crippen LogP) is -0.604. The number of aliphatic carboxylic acids is 1. The predicted molar refractivity (Wildman–Crippen MR) is 70.2 cm³/mol. The van der Waals surface area contributed by atoms with E-state index >= 15 is 0 Å². The molecule has 0 aliphatic heterocycles. The molecule has 0 aromatic rings. The van der Waals surface area contributed by atoms with Crippen molar-refractivity contribution in [3.63, 3.8) is 0 Å². The van der Waals surface area contributed by atoms with Gasteiger partial charge in [0.15, 0.2) is 0 Å². The number of carboxylic acid groups (broad SMARTS) is 1. The van der Waals surface area contributed by atoms with Crippen LogP contribution in [0.25, 0.3) is 0 Å². The number of carbonyl (C=O) groups is 3. The number of urea groups is 1. The molecule has 1 saturated carbocycles. The van der Waals surface area contributed by atoms with Gasteiger partial charge in [-0.15, -0.1) is 0 Å². The maximum atomic E-state index is 11.4. The number of likely N-dealkylation sites (N-methyl/N-ethyl adjacent to an activating group) is 1. The van der Waals surface area contributed by atoms with Crippen molar-refractivity contribution in [2.75, 3.05) is 26.8 Å². The van der Waals surface area contributed by atoms with E-state index < -0.39 is 31.1 Å². The van der Waals surface area contributed by atoms with Crippen molar-refractivity contribution < 1.29 is 24.2 Å². The number of amides is 3. The molecule has 8 nitrogen and oxygen atoms in total. The van der Waals surface area contributed by atoms with Gasteiger partial charge in [-0.25, -0.2) is 9.59 Å². The minimum absolute atomic E-state index is 0.187. The Morgan fingerprint density at radius 1 is 1.35 bits per heavy atom. The first-order valence-electron chi connectivity index (χ1n) is 6.49. The summed E-state index contributed by atoms with van der Waals surface area (Å²) in [6.45, 7) is 1.40. The normalized spacial score (nSPS) is 15.8. The van der Waals surface area contributed by atoms with Crippen LogP contribution in [-0.2, 0) is 14.3 Å². The molecule has 114 valence electrons. The Labute approximate surface area is 117 Å². The molecule has 0 aromatic carbocycles. The molecule has 3 amide bonds. The van der Waals surface area contributed by atoms with Crippen molar-refractivity contribution in [3.05, 3.63) is 0 Å². The first kappa shape index (κ1) is 16.4. The third-order valence-electron chi connectivity index (χ3n) is 3.09. The number of hydrogen-bond donors (Lipinski definition) is 3. The van der Waals surface area contributed by atoms with Gasteiger partial charge in [0, 0.05) is 18.6 Å². The number of hydrogen-bond acceptors (Lipinski definition) is 5. The molecule has 20 heavy (non-hydrogen) atoms. The Bertz CT molecular complexity index is 370. The van der Waals surface area contributed by atoms with Crippen LogP contribution in [0.4, 0.5) is 4.79 Å². The molecular weight excluding hydrogens is 266 g/mol. The van der Waals surface area contributed by atoms with Crippen LogP contribution in [0.5, 0.6) is 0 Å². The molecule has 1 rings (SSSR count). The van der Waals surface area contributed by atoms with Crippen molar-refractivity contribution in [1.29, 1.82) is 0 Å².